The van der Waals surface area contributed by atoms with Gasteiger partial charge in [0.05, 0.1) is 6.26 Å². The monoisotopic (exact) mass is 296 g/mol. The second-order valence-electron chi connectivity index (χ2n) is 5.23. The van der Waals surface area contributed by atoms with E-state index in [1.807, 2.05) is 19.9 Å². The summed E-state index contributed by atoms with van der Waals surface area (Å²) in [7, 11) is 0. The van der Waals surface area contributed by atoms with Gasteiger partial charge in [0, 0.05) is 23.7 Å². The van der Waals surface area contributed by atoms with E-state index in [9.17, 15) is 4.79 Å². The number of benzene rings is 1. The third-order valence-corrected chi connectivity index (χ3v) is 3.11. The molecule has 1 amide bonds. The maximum Gasteiger partial charge on any atom is 0.248 e. The number of nitrogens with zero attached hydrogens (tertiary/aromatic N) is 1. The van der Waals surface area contributed by atoms with Crippen molar-refractivity contribution in [3.05, 3.63) is 54.3 Å². The fourth-order valence-corrected chi connectivity index (χ4v) is 1.99. The molecule has 0 fully saturated rings. The molecule has 0 atom stereocenters. The number of furan rings is 1. The van der Waals surface area contributed by atoms with E-state index in [2.05, 4.69) is 10.3 Å². The number of carbonyl (C=O) groups excluding carboxylic acids is 1. The third-order valence-electron chi connectivity index (χ3n) is 3.11. The van der Waals surface area contributed by atoms with Crippen molar-refractivity contribution in [1.82, 2.24) is 4.98 Å². The SMILES string of the molecule is CC(C)c1nc2ccc(NC(=O)/C=C/c3ccco3)cc2o1. The summed E-state index contributed by atoms with van der Waals surface area (Å²) in [5.74, 6) is 1.31. The molecule has 0 aliphatic carbocycles. The molecule has 0 unspecified atom stereocenters. The molecule has 0 saturated carbocycles. The molecule has 5 nitrogen and oxygen atoms in total. The molecular weight excluding hydrogens is 280 g/mol. The molecule has 0 aliphatic rings. The Morgan fingerprint density at radius 1 is 1.32 bits per heavy atom. The molecule has 112 valence electrons. The highest BCUT2D eigenvalue weighted by molar-refractivity contribution is 6.02. The Labute approximate surface area is 127 Å². The zero-order valence-corrected chi connectivity index (χ0v) is 12.4. The Bertz CT molecular complexity index is 814. The first-order valence-corrected chi connectivity index (χ1v) is 7.05. The van der Waals surface area contributed by atoms with Gasteiger partial charge in [-0.3, -0.25) is 4.79 Å². The average Bonchev–Trinajstić information content (AvgIpc) is 3.14. The van der Waals surface area contributed by atoms with Crippen molar-refractivity contribution in [1.29, 1.82) is 0 Å². The molecule has 2 heterocycles. The molecule has 1 N–H and O–H groups in total. The number of aromatic nitrogens is 1. The Morgan fingerprint density at radius 2 is 2.18 bits per heavy atom. The Hall–Kier alpha value is -2.82. The van der Waals surface area contributed by atoms with Gasteiger partial charge in [-0.15, -0.1) is 0 Å². The van der Waals surface area contributed by atoms with Crippen LogP contribution < -0.4 is 5.32 Å². The van der Waals surface area contributed by atoms with Crippen molar-refractivity contribution >= 4 is 28.8 Å². The highest BCUT2D eigenvalue weighted by Gasteiger charge is 2.10. The molecule has 0 radical (unpaired) electrons. The van der Waals surface area contributed by atoms with Gasteiger partial charge in [-0.05, 0) is 30.3 Å². The number of nitrogens with one attached hydrogen (secondary N) is 1. The van der Waals surface area contributed by atoms with Crippen LogP contribution in [0.25, 0.3) is 17.2 Å². The third kappa shape index (κ3) is 3.09. The minimum absolute atomic E-state index is 0.224. The average molecular weight is 296 g/mol. The van der Waals surface area contributed by atoms with Crippen LogP contribution in [0.15, 0.2) is 51.5 Å². The molecule has 0 bridgehead atoms. The minimum Gasteiger partial charge on any atom is -0.465 e. The van der Waals surface area contributed by atoms with Gasteiger partial charge in [0.15, 0.2) is 11.5 Å². The molecule has 0 aliphatic heterocycles. The summed E-state index contributed by atoms with van der Waals surface area (Å²) in [5, 5.41) is 2.78. The summed E-state index contributed by atoms with van der Waals surface area (Å²) in [6, 6.07) is 8.94. The van der Waals surface area contributed by atoms with E-state index in [1.54, 1.807) is 36.6 Å². The van der Waals surface area contributed by atoms with Crippen LogP contribution in [0.4, 0.5) is 5.69 Å². The van der Waals surface area contributed by atoms with Crippen molar-refractivity contribution in [3.8, 4) is 0 Å². The van der Waals surface area contributed by atoms with E-state index in [0.717, 1.165) is 5.52 Å². The van der Waals surface area contributed by atoms with Gasteiger partial charge in [0.25, 0.3) is 0 Å². The van der Waals surface area contributed by atoms with E-state index in [4.69, 9.17) is 8.83 Å². The summed E-state index contributed by atoms with van der Waals surface area (Å²) in [6.45, 7) is 4.04. The molecule has 0 spiro atoms. The maximum atomic E-state index is 11.9. The zero-order valence-electron chi connectivity index (χ0n) is 12.4. The number of anilines is 1. The summed E-state index contributed by atoms with van der Waals surface area (Å²) in [4.78, 5) is 16.3. The van der Waals surface area contributed by atoms with Crippen molar-refractivity contribution < 1.29 is 13.6 Å². The quantitative estimate of drug-likeness (QED) is 0.733. The predicted octanol–water partition coefficient (Wildman–Crippen LogP) is 4.20. The lowest BCUT2D eigenvalue weighted by Crippen LogP contribution is -2.07. The summed E-state index contributed by atoms with van der Waals surface area (Å²) in [6.07, 6.45) is 4.59. The predicted molar refractivity (Wildman–Crippen MR) is 84.5 cm³/mol. The van der Waals surface area contributed by atoms with Gasteiger partial charge in [-0.2, -0.15) is 0 Å². The van der Waals surface area contributed by atoms with Crippen molar-refractivity contribution in [2.45, 2.75) is 19.8 Å². The van der Waals surface area contributed by atoms with Crippen LogP contribution in [0.2, 0.25) is 0 Å². The largest absolute Gasteiger partial charge is 0.465 e. The van der Waals surface area contributed by atoms with Crippen LogP contribution in [-0.4, -0.2) is 10.9 Å². The maximum absolute atomic E-state index is 11.9. The standard InChI is InChI=1S/C17H16N2O3/c1-11(2)17-19-14-7-5-12(10-15(14)22-17)18-16(20)8-6-13-4-3-9-21-13/h3-11H,1-2H3,(H,18,20)/b8-6+. The fourth-order valence-electron chi connectivity index (χ4n) is 1.99. The first-order valence-electron chi connectivity index (χ1n) is 7.05. The second-order valence-corrected chi connectivity index (χ2v) is 5.23. The highest BCUT2D eigenvalue weighted by atomic mass is 16.3. The van der Waals surface area contributed by atoms with Crippen molar-refractivity contribution in [2.24, 2.45) is 0 Å². The van der Waals surface area contributed by atoms with Crippen LogP contribution in [0, 0.1) is 0 Å². The number of rotatable bonds is 4. The van der Waals surface area contributed by atoms with Gasteiger partial charge in [-0.25, -0.2) is 4.98 Å². The molecule has 2 aromatic heterocycles. The second kappa shape index (κ2) is 5.89. The highest BCUT2D eigenvalue weighted by Crippen LogP contribution is 2.23. The lowest BCUT2D eigenvalue weighted by atomic mass is 10.2. The van der Waals surface area contributed by atoms with Gasteiger partial charge in [0.1, 0.15) is 11.3 Å². The summed E-state index contributed by atoms with van der Waals surface area (Å²) < 4.78 is 10.8. The van der Waals surface area contributed by atoms with E-state index < -0.39 is 0 Å². The van der Waals surface area contributed by atoms with E-state index in [-0.39, 0.29) is 11.8 Å². The number of amides is 1. The lowest BCUT2D eigenvalue weighted by Gasteiger charge is -2.00. The minimum atomic E-state index is -0.237. The first-order chi connectivity index (χ1) is 10.6. The Balaban J connectivity index is 1.74. The van der Waals surface area contributed by atoms with Crippen LogP contribution >= 0.6 is 0 Å². The van der Waals surface area contributed by atoms with Crippen molar-refractivity contribution in [2.75, 3.05) is 5.32 Å². The lowest BCUT2D eigenvalue weighted by molar-refractivity contribution is -0.111. The van der Waals surface area contributed by atoms with Gasteiger partial charge < -0.3 is 14.2 Å². The number of oxazole rings is 1. The Morgan fingerprint density at radius 3 is 2.91 bits per heavy atom. The van der Waals surface area contributed by atoms with E-state index >= 15 is 0 Å². The molecule has 3 aromatic rings. The normalized spacial score (nSPS) is 11.6. The molecule has 0 saturated heterocycles. The summed E-state index contributed by atoms with van der Waals surface area (Å²) in [5.41, 5.74) is 2.11. The van der Waals surface area contributed by atoms with Gasteiger partial charge in [0.2, 0.25) is 5.91 Å². The van der Waals surface area contributed by atoms with E-state index in [1.165, 1.54) is 6.08 Å². The summed E-state index contributed by atoms with van der Waals surface area (Å²) >= 11 is 0. The van der Waals surface area contributed by atoms with Crippen LogP contribution in [0.5, 0.6) is 0 Å². The fraction of sp³-hybridized carbons (Fsp3) is 0.176. The smallest absolute Gasteiger partial charge is 0.248 e. The molecule has 3 rings (SSSR count). The van der Waals surface area contributed by atoms with E-state index in [0.29, 0.717) is 22.9 Å². The molecule has 1 aromatic carbocycles. The van der Waals surface area contributed by atoms with Crippen LogP contribution in [0.3, 0.4) is 0 Å². The van der Waals surface area contributed by atoms with Gasteiger partial charge in [-0.1, -0.05) is 13.8 Å². The van der Waals surface area contributed by atoms with Crippen LogP contribution in [-0.2, 0) is 4.79 Å². The molecular formula is C17H16N2O3. The molecule has 5 heteroatoms. The zero-order chi connectivity index (χ0) is 15.5. The van der Waals surface area contributed by atoms with Crippen LogP contribution in [0.1, 0.15) is 31.4 Å². The number of fused-ring (bicyclic) bond motifs is 1. The first kappa shape index (κ1) is 14.1. The number of carbonyl (C=O) groups is 1. The van der Waals surface area contributed by atoms with Gasteiger partial charge >= 0.3 is 0 Å². The number of hydrogen-bond acceptors (Lipinski definition) is 4. The molecule has 22 heavy (non-hydrogen) atoms. The topological polar surface area (TPSA) is 68.3 Å². The van der Waals surface area contributed by atoms with Crippen molar-refractivity contribution in [3.63, 3.8) is 0 Å². The Kier molecular flexibility index (Phi) is 3.78. The number of hydrogen-bond donors (Lipinski definition) is 1.